The second-order valence-electron chi connectivity index (χ2n) is 5.94. The van der Waals surface area contributed by atoms with Crippen LogP contribution in [0, 0.1) is 11.8 Å². The van der Waals surface area contributed by atoms with Crippen LogP contribution in [0.3, 0.4) is 0 Å². The second-order valence-corrected chi connectivity index (χ2v) is 6.28. The predicted octanol–water partition coefficient (Wildman–Crippen LogP) is 2.95. The fraction of sp³-hybridized carbons (Fsp3) is 0.571. The Morgan fingerprint density at radius 3 is 2.57 bits per heavy atom. The Hall–Kier alpha value is -1.69. The first-order valence-electron chi connectivity index (χ1n) is 7.28. The van der Waals surface area contributed by atoms with Crippen molar-refractivity contribution in [1.29, 1.82) is 0 Å². The van der Waals surface area contributed by atoms with Gasteiger partial charge in [-0.25, -0.2) is 4.68 Å². The number of hydrogen-bond donors (Lipinski definition) is 1. The van der Waals surface area contributed by atoms with Crippen molar-refractivity contribution in [2.75, 3.05) is 5.32 Å². The zero-order valence-corrected chi connectivity index (χ0v) is 13.0. The number of anilines is 1. The molecule has 0 aromatic carbocycles. The molecule has 0 saturated heterocycles. The minimum absolute atomic E-state index is 0.176. The third-order valence-corrected chi connectivity index (χ3v) is 3.99. The van der Waals surface area contributed by atoms with Crippen molar-refractivity contribution in [2.45, 2.75) is 39.2 Å². The molecule has 0 amide bonds. The topological polar surface area (TPSA) is 68.5 Å². The Labute approximate surface area is 129 Å². The largest absolute Gasteiger partial charge is 0.351 e. The van der Waals surface area contributed by atoms with Gasteiger partial charge in [-0.15, -0.1) is 0 Å². The Morgan fingerprint density at radius 2 is 1.90 bits per heavy atom. The van der Waals surface area contributed by atoms with Crippen LogP contribution in [0.5, 0.6) is 0 Å². The smallest absolute Gasteiger partial charge is 0.256 e. The molecular formula is C14H19ClN6. The van der Waals surface area contributed by atoms with Gasteiger partial charge in [0.15, 0.2) is 0 Å². The molecule has 1 saturated carbocycles. The normalized spacial score (nSPS) is 25.8. The third-order valence-electron chi connectivity index (χ3n) is 3.82. The van der Waals surface area contributed by atoms with Crippen LogP contribution in [0.25, 0.3) is 5.95 Å². The summed E-state index contributed by atoms with van der Waals surface area (Å²) in [6.07, 6.45) is 7.00. The van der Waals surface area contributed by atoms with Crippen LogP contribution < -0.4 is 5.32 Å². The van der Waals surface area contributed by atoms with Crippen LogP contribution >= 0.6 is 11.6 Å². The molecule has 2 aromatic rings. The van der Waals surface area contributed by atoms with Crippen molar-refractivity contribution in [2.24, 2.45) is 11.8 Å². The fourth-order valence-corrected chi connectivity index (χ4v) is 3.30. The van der Waals surface area contributed by atoms with E-state index in [1.165, 1.54) is 6.42 Å². The predicted molar refractivity (Wildman–Crippen MR) is 81.5 cm³/mol. The van der Waals surface area contributed by atoms with Crippen LogP contribution in [0.1, 0.15) is 33.1 Å². The highest BCUT2D eigenvalue weighted by atomic mass is 35.5. The standard InChI is InChI=1S/C14H19ClN6/c1-9-6-10(2)8-11(7-9)17-13-18-12(15)19-14(20-13)21-5-3-4-16-21/h3-5,9-11H,6-8H2,1-2H3,(H,17,18,19,20). The minimum Gasteiger partial charge on any atom is -0.351 e. The SMILES string of the molecule is CC1CC(C)CC(Nc2nc(Cl)nc(-n3cccn3)n2)C1. The highest BCUT2D eigenvalue weighted by Crippen LogP contribution is 2.30. The maximum atomic E-state index is 6.00. The molecule has 3 rings (SSSR count). The van der Waals surface area contributed by atoms with Gasteiger partial charge < -0.3 is 5.32 Å². The number of rotatable bonds is 3. The summed E-state index contributed by atoms with van der Waals surface area (Å²) < 4.78 is 1.57. The molecule has 7 heteroatoms. The molecule has 6 nitrogen and oxygen atoms in total. The Bertz CT molecular complexity index is 590. The molecule has 2 aromatic heterocycles. The Morgan fingerprint density at radius 1 is 1.14 bits per heavy atom. The molecule has 21 heavy (non-hydrogen) atoms. The highest BCUT2D eigenvalue weighted by Gasteiger charge is 2.24. The van der Waals surface area contributed by atoms with Crippen molar-refractivity contribution in [3.05, 3.63) is 23.7 Å². The molecule has 0 bridgehead atoms. The van der Waals surface area contributed by atoms with Gasteiger partial charge in [-0.3, -0.25) is 0 Å². The van der Waals surface area contributed by atoms with Crippen molar-refractivity contribution in [3.8, 4) is 5.95 Å². The number of hydrogen-bond acceptors (Lipinski definition) is 5. The lowest BCUT2D eigenvalue weighted by atomic mass is 9.80. The van der Waals surface area contributed by atoms with Crippen LogP contribution in [0.4, 0.5) is 5.95 Å². The summed E-state index contributed by atoms with van der Waals surface area (Å²) in [7, 11) is 0. The zero-order chi connectivity index (χ0) is 14.8. The van der Waals surface area contributed by atoms with E-state index >= 15 is 0 Å². The quantitative estimate of drug-likeness (QED) is 0.944. The molecule has 0 radical (unpaired) electrons. The van der Waals surface area contributed by atoms with Gasteiger partial charge in [-0.1, -0.05) is 13.8 Å². The maximum absolute atomic E-state index is 6.00. The zero-order valence-electron chi connectivity index (χ0n) is 12.2. The lowest BCUT2D eigenvalue weighted by Crippen LogP contribution is -2.31. The molecule has 2 heterocycles. The highest BCUT2D eigenvalue weighted by molar-refractivity contribution is 6.28. The van der Waals surface area contributed by atoms with Gasteiger partial charge in [0.05, 0.1) is 0 Å². The van der Waals surface area contributed by atoms with Gasteiger partial charge in [-0.05, 0) is 48.8 Å². The van der Waals surface area contributed by atoms with Crippen LogP contribution in [-0.4, -0.2) is 30.8 Å². The number of aromatic nitrogens is 5. The fourth-order valence-electron chi connectivity index (χ4n) is 3.14. The average molecular weight is 307 g/mol. The maximum Gasteiger partial charge on any atom is 0.256 e. The van der Waals surface area contributed by atoms with Gasteiger partial charge >= 0.3 is 0 Å². The first kappa shape index (κ1) is 14.3. The van der Waals surface area contributed by atoms with E-state index in [0.29, 0.717) is 29.8 Å². The van der Waals surface area contributed by atoms with Gasteiger partial charge in [0, 0.05) is 18.4 Å². The van der Waals surface area contributed by atoms with E-state index in [0.717, 1.165) is 12.8 Å². The van der Waals surface area contributed by atoms with Crippen LogP contribution in [0.2, 0.25) is 5.28 Å². The molecule has 0 spiro atoms. The Kier molecular flexibility index (Phi) is 4.05. The van der Waals surface area contributed by atoms with Crippen molar-refractivity contribution >= 4 is 17.5 Å². The Balaban J connectivity index is 1.79. The average Bonchev–Trinajstić information content (AvgIpc) is 2.90. The molecule has 1 aliphatic carbocycles. The van der Waals surface area contributed by atoms with E-state index in [1.54, 1.807) is 17.1 Å². The van der Waals surface area contributed by atoms with E-state index in [1.807, 2.05) is 6.07 Å². The van der Waals surface area contributed by atoms with E-state index in [2.05, 4.69) is 39.2 Å². The summed E-state index contributed by atoms with van der Waals surface area (Å²) in [4.78, 5) is 12.7. The van der Waals surface area contributed by atoms with Crippen LogP contribution in [0.15, 0.2) is 18.5 Å². The summed E-state index contributed by atoms with van der Waals surface area (Å²) in [6, 6.07) is 2.20. The van der Waals surface area contributed by atoms with E-state index in [4.69, 9.17) is 11.6 Å². The van der Waals surface area contributed by atoms with E-state index in [9.17, 15) is 0 Å². The lowest BCUT2D eigenvalue weighted by Gasteiger charge is -2.31. The van der Waals surface area contributed by atoms with Gasteiger partial charge in [0.25, 0.3) is 5.95 Å². The number of nitrogens with one attached hydrogen (secondary N) is 1. The molecule has 0 aliphatic heterocycles. The van der Waals surface area contributed by atoms with E-state index < -0.39 is 0 Å². The molecular weight excluding hydrogens is 288 g/mol. The summed E-state index contributed by atoms with van der Waals surface area (Å²) in [6.45, 7) is 4.58. The molecule has 1 N–H and O–H groups in total. The number of halogens is 1. The van der Waals surface area contributed by atoms with Crippen molar-refractivity contribution in [3.63, 3.8) is 0 Å². The van der Waals surface area contributed by atoms with Gasteiger partial charge in [0.1, 0.15) is 0 Å². The summed E-state index contributed by atoms with van der Waals surface area (Å²) in [5, 5.41) is 7.69. The van der Waals surface area contributed by atoms with Crippen molar-refractivity contribution < 1.29 is 0 Å². The first-order valence-corrected chi connectivity index (χ1v) is 7.66. The lowest BCUT2D eigenvalue weighted by molar-refractivity contribution is 0.280. The molecule has 1 fully saturated rings. The minimum atomic E-state index is 0.176. The summed E-state index contributed by atoms with van der Waals surface area (Å²) in [5.41, 5.74) is 0. The molecule has 1 aliphatic rings. The van der Waals surface area contributed by atoms with Crippen molar-refractivity contribution in [1.82, 2.24) is 24.7 Å². The van der Waals surface area contributed by atoms with Crippen LogP contribution in [-0.2, 0) is 0 Å². The summed E-state index contributed by atoms with van der Waals surface area (Å²) >= 11 is 6.00. The van der Waals surface area contributed by atoms with E-state index in [-0.39, 0.29) is 5.28 Å². The van der Waals surface area contributed by atoms with Gasteiger partial charge in [0.2, 0.25) is 11.2 Å². The number of nitrogens with zero attached hydrogens (tertiary/aromatic N) is 5. The molecule has 2 unspecified atom stereocenters. The first-order chi connectivity index (χ1) is 10.1. The molecule has 2 atom stereocenters. The van der Waals surface area contributed by atoms with Gasteiger partial charge in [-0.2, -0.15) is 20.1 Å². The third kappa shape index (κ3) is 3.50. The summed E-state index contributed by atoms with van der Waals surface area (Å²) in [5.74, 6) is 2.38. The monoisotopic (exact) mass is 306 g/mol. The molecule has 112 valence electrons. The second kappa shape index (κ2) is 5.97.